The summed E-state index contributed by atoms with van der Waals surface area (Å²) in [6.45, 7) is 0. The molecule has 0 radical (unpaired) electrons. The highest BCUT2D eigenvalue weighted by Crippen LogP contribution is 2.29. The van der Waals surface area contributed by atoms with Gasteiger partial charge >= 0.3 is 5.97 Å². The summed E-state index contributed by atoms with van der Waals surface area (Å²) in [5, 5.41) is 1.59. The van der Waals surface area contributed by atoms with Crippen molar-refractivity contribution < 1.29 is 19.2 Å². The van der Waals surface area contributed by atoms with Crippen molar-refractivity contribution >= 4 is 39.4 Å². The van der Waals surface area contributed by atoms with Crippen LogP contribution >= 0.6 is 21.6 Å². The van der Waals surface area contributed by atoms with Gasteiger partial charge in [0.1, 0.15) is 5.03 Å². The molecule has 1 aromatic heterocycles. The fourth-order valence-electron chi connectivity index (χ4n) is 1.91. The first kappa shape index (κ1) is 17.8. The molecule has 2 amide bonds. The van der Waals surface area contributed by atoms with E-state index in [9.17, 15) is 14.4 Å². The molecule has 2 heterocycles. The van der Waals surface area contributed by atoms with Gasteiger partial charge < -0.3 is 4.84 Å². The molecule has 1 fully saturated rings. The molecule has 1 aromatic rings. The van der Waals surface area contributed by atoms with Crippen molar-refractivity contribution in [3.8, 4) is 0 Å². The summed E-state index contributed by atoms with van der Waals surface area (Å²) >= 11 is 0. The minimum atomic E-state index is -0.524. The molecule has 0 atom stereocenters. The van der Waals surface area contributed by atoms with Crippen molar-refractivity contribution in [3.05, 3.63) is 24.4 Å². The predicted octanol–water partition coefficient (Wildman–Crippen LogP) is 2.99. The maximum Gasteiger partial charge on any atom is 0.333 e. The van der Waals surface area contributed by atoms with E-state index >= 15 is 0 Å². The number of hydrogen-bond acceptors (Lipinski definition) is 7. The number of hydrogen-bond donors (Lipinski definition) is 0. The Balaban J connectivity index is 1.49. The molecule has 0 N–H and O–H groups in total. The molecule has 2 rings (SSSR count). The fourth-order valence-corrected chi connectivity index (χ4v) is 3.94. The Morgan fingerprint density at radius 1 is 1.17 bits per heavy atom. The zero-order chi connectivity index (χ0) is 16.5. The second-order valence-electron chi connectivity index (χ2n) is 4.93. The Labute approximate surface area is 142 Å². The molecule has 1 saturated heterocycles. The van der Waals surface area contributed by atoms with Crippen LogP contribution in [-0.4, -0.2) is 33.6 Å². The molecule has 1 aliphatic rings. The molecule has 0 bridgehead atoms. The lowest BCUT2D eigenvalue weighted by atomic mass is 10.2. The van der Waals surface area contributed by atoms with Crippen molar-refractivity contribution in [2.24, 2.45) is 0 Å². The van der Waals surface area contributed by atoms with E-state index in [-0.39, 0.29) is 19.3 Å². The molecule has 0 aromatic carbocycles. The van der Waals surface area contributed by atoms with Gasteiger partial charge in [-0.15, -0.1) is 5.06 Å². The van der Waals surface area contributed by atoms with Crippen molar-refractivity contribution in [1.82, 2.24) is 10.0 Å². The van der Waals surface area contributed by atoms with Gasteiger partial charge in [-0.1, -0.05) is 23.3 Å². The highest BCUT2D eigenvalue weighted by atomic mass is 33.1. The maximum absolute atomic E-state index is 11.6. The first-order valence-corrected chi connectivity index (χ1v) is 9.76. The summed E-state index contributed by atoms with van der Waals surface area (Å²) in [4.78, 5) is 43.2. The van der Waals surface area contributed by atoms with Crippen molar-refractivity contribution in [2.75, 3.05) is 5.75 Å². The smallest absolute Gasteiger partial charge is 0.330 e. The summed E-state index contributed by atoms with van der Waals surface area (Å²) in [5.41, 5.74) is 0. The van der Waals surface area contributed by atoms with Crippen molar-refractivity contribution in [3.63, 3.8) is 0 Å². The van der Waals surface area contributed by atoms with Gasteiger partial charge in [0.2, 0.25) is 0 Å². The molecule has 8 heteroatoms. The zero-order valence-corrected chi connectivity index (χ0v) is 14.2. The van der Waals surface area contributed by atoms with Crippen LogP contribution in [0.4, 0.5) is 0 Å². The monoisotopic (exact) mass is 354 g/mol. The number of amides is 2. The number of pyridine rings is 1. The Bertz CT molecular complexity index is 538. The first-order valence-electron chi connectivity index (χ1n) is 7.44. The molecule has 23 heavy (non-hydrogen) atoms. The van der Waals surface area contributed by atoms with E-state index in [4.69, 9.17) is 4.84 Å². The molecule has 1 aliphatic heterocycles. The Morgan fingerprint density at radius 3 is 2.65 bits per heavy atom. The van der Waals surface area contributed by atoms with Gasteiger partial charge in [0.05, 0.1) is 0 Å². The van der Waals surface area contributed by atoms with Crippen LogP contribution in [-0.2, 0) is 19.2 Å². The van der Waals surface area contributed by atoms with Gasteiger partial charge in [-0.25, -0.2) is 9.78 Å². The number of carbonyl (C=O) groups excluding carboxylic acids is 3. The molecule has 0 aliphatic carbocycles. The normalized spacial score (nSPS) is 14.3. The molecule has 0 unspecified atom stereocenters. The summed E-state index contributed by atoms with van der Waals surface area (Å²) in [6.07, 6.45) is 4.80. The molecule has 0 saturated carbocycles. The number of imide groups is 1. The molecule has 0 spiro atoms. The highest BCUT2D eigenvalue weighted by Gasteiger charge is 2.32. The van der Waals surface area contributed by atoms with Crippen LogP contribution in [0.2, 0.25) is 0 Å². The minimum Gasteiger partial charge on any atom is -0.330 e. The van der Waals surface area contributed by atoms with Gasteiger partial charge in [-0.2, -0.15) is 0 Å². The third-order valence-corrected chi connectivity index (χ3v) is 5.44. The zero-order valence-electron chi connectivity index (χ0n) is 12.6. The number of unbranched alkanes of at least 4 members (excludes halogenated alkanes) is 2. The Hall–Kier alpha value is -1.54. The lowest BCUT2D eigenvalue weighted by molar-refractivity contribution is -0.197. The second-order valence-corrected chi connectivity index (χ2v) is 7.37. The van der Waals surface area contributed by atoms with Gasteiger partial charge in [0.25, 0.3) is 11.8 Å². The lowest BCUT2D eigenvalue weighted by Crippen LogP contribution is -2.31. The SMILES string of the molecule is O=C(CCCCCSSc1ccccn1)ON1C(=O)CCC1=O. The van der Waals surface area contributed by atoms with Gasteiger partial charge in [-0.05, 0) is 35.8 Å². The third-order valence-electron chi connectivity index (χ3n) is 3.09. The lowest BCUT2D eigenvalue weighted by Gasteiger charge is -2.12. The maximum atomic E-state index is 11.6. The number of rotatable bonds is 9. The highest BCUT2D eigenvalue weighted by molar-refractivity contribution is 8.76. The van der Waals surface area contributed by atoms with Crippen LogP contribution < -0.4 is 0 Å². The van der Waals surface area contributed by atoms with Crippen LogP contribution in [0.1, 0.15) is 38.5 Å². The quantitative estimate of drug-likeness (QED) is 0.383. The van der Waals surface area contributed by atoms with Crippen LogP contribution in [0.3, 0.4) is 0 Å². The summed E-state index contributed by atoms with van der Waals surface area (Å²) in [7, 11) is 3.37. The van der Waals surface area contributed by atoms with Crippen molar-refractivity contribution in [2.45, 2.75) is 43.6 Å². The Kier molecular flexibility index (Phi) is 7.41. The number of aromatic nitrogens is 1. The van der Waals surface area contributed by atoms with Crippen LogP contribution in [0.15, 0.2) is 29.4 Å². The molecular formula is C15H18N2O4S2. The topological polar surface area (TPSA) is 76.6 Å². The first-order chi connectivity index (χ1) is 11.2. The number of hydroxylamine groups is 2. The van der Waals surface area contributed by atoms with Gasteiger partial charge in [-0.3, -0.25) is 9.59 Å². The summed E-state index contributed by atoms with van der Waals surface area (Å²) in [5.74, 6) is -0.430. The Morgan fingerprint density at radius 2 is 1.96 bits per heavy atom. The minimum absolute atomic E-state index is 0.122. The van der Waals surface area contributed by atoms with Crippen LogP contribution in [0.5, 0.6) is 0 Å². The molecule has 124 valence electrons. The number of carbonyl (C=O) groups is 3. The van der Waals surface area contributed by atoms with Gasteiger partial charge in [0, 0.05) is 31.2 Å². The second kappa shape index (κ2) is 9.57. The van der Waals surface area contributed by atoms with E-state index in [0.29, 0.717) is 11.5 Å². The van der Waals surface area contributed by atoms with E-state index < -0.39 is 17.8 Å². The average molecular weight is 354 g/mol. The largest absolute Gasteiger partial charge is 0.333 e. The molecular weight excluding hydrogens is 336 g/mol. The fraction of sp³-hybridized carbons (Fsp3) is 0.467. The average Bonchev–Trinajstić information content (AvgIpc) is 2.87. The standard InChI is InChI=1S/C15H18N2O4S2/c18-13-8-9-14(19)17(13)21-15(20)7-2-1-5-11-22-23-12-6-3-4-10-16-12/h3-4,6,10H,1-2,5,7-9,11H2. The third kappa shape index (κ3) is 6.23. The molecule has 6 nitrogen and oxygen atoms in total. The van der Waals surface area contributed by atoms with Crippen molar-refractivity contribution in [1.29, 1.82) is 0 Å². The van der Waals surface area contributed by atoms with E-state index in [1.54, 1.807) is 27.8 Å². The van der Waals surface area contributed by atoms with Gasteiger partial charge in [0.15, 0.2) is 0 Å². The van der Waals surface area contributed by atoms with Crippen LogP contribution in [0.25, 0.3) is 0 Å². The number of nitrogens with zero attached hydrogens (tertiary/aromatic N) is 2. The summed E-state index contributed by atoms with van der Waals surface area (Å²) in [6, 6.07) is 5.81. The van der Waals surface area contributed by atoms with Crippen LogP contribution in [0, 0.1) is 0 Å². The van der Waals surface area contributed by atoms with E-state index in [1.807, 2.05) is 18.2 Å². The van der Waals surface area contributed by atoms with E-state index in [0.717, 1.165) is 23.6 Å². The summed E-state index contributed by atoms with van der Waals surface area (Å²) < 4.78 is 0. The predicted molar refractivity (Wildman–Crippen MR) is 88.2 cm³/mol. The van der Waals surface area contributed by atoms with E-state index in [1.165, 1.54) is 0 Å². The van der Waals surface area contributed by atoms with E-state index in [2.05, 4.69) is 4.98 Å².